The van der Waals surface area contributed by atoms with E-state index in [-0.39, 0.29) is 11.8 Å². The average Bonchev–Trinajstić information content (AvgIpc) is 2.03. The second-order valence-corrected chi connectivity index (χ2v) is 2.78. The Morgan fingerprint density at radius 2 is 2.17 bits per heavy atom. The molecule has 0 heterocycles. The van der Waals surface area contributed by atoms with E-state index >= 15 is 0 Å². The fraction of sp³-hybridized carbons (Fsp3) is 0.875. The Morgan fingerprint density at radius 1 is 1.50 bits per heavy atom. The number of nitrogens with one attached hydrogen (secondary N) is 1. The van der Waals surface area contributed by atoms with Crippen LogP contribution in [-0.2, 0) is 9.47 Å². The van der Waals surface area contributed by atoms with Gasteiger partial charge < -0.3 is 15.2 Å². The number of hydrogen-bond donors (Lipinski definition) is 2. The van der Waals surface area contributed by atoms with Gasteiger partial charge in [0.1, 0.15) is 0 Å². The fourth-order valence-electron chi connectivity index (χ4n) is 0.655. The van der Waals surface area contributed by atoms with Gasteiger partial charge >= 0.3 is 0 Å². The summed E-state index contributed by atoms with van der Waals surface area (Å²) < 4.78 is 10.1. The molecule has 0 aromatic rings. The Kier molecular flexibility index (Phi) is 6.70. The summed E-state index contributed by atoms with van der Waals surface area (Å²) in [6.45, 7) is 3.79. The molecule has 4 nitrogen and oxygen atoms in total. The van der Waals surface area contributed by atoms with Crippen LogP contribution in [-0.4, -0.2) is 32.8 Å². The van der Waals surface area contributed by atoms with Gasteiger partial charge in [0.25, 0.3) is 0 Å². The lowest BCUT2D eigenvalue weighted by Crippen LogP contribution is -2.24. The maximum absolute atomic E-state index is 7.09. The van der Waals surface area contributed by atoms with Crippen molar-refractivity contribution < 1.29 is 9.47 Å². The van der Waals surface area contributed by atoms with E-state index in [0.717, 1.165) is 6.42 Å². The quantitative estimate of drug-likeness (QED) is 0.337. The molecule has 0 bridgehead atoms. The molecule has 0 aromatic carbocycles. The maximum atomic E-state index is 7.09. The minimum atomic E-state index is 0.0209. The van der Waals surface area contributed by atoms with Gasteiger partial charge in [-0.05, 0) is 6.42 Å². The van der Waals surface area contributed by atoms with Crippen molar-refractivity contribution in [3.63, 3.8) is 0 Å². The highest BCUT2D eigenvalue weighted by molar-refractivity contribution is 5.79. The van der Waals surface area contributed by atoms with Crippen molar-refractivity contribution in [2.75, 3.05) is 26.9 Å². The van der Waals surface area contributed by atoms with Gasteiger partial charge in [-0.2, -0.15) is 0 Å². The minimum absolute atomic E-state index is 0.0209. The molecule has 1 unspecified atom stereocenters. The largest absolute Gasteiger partial charge is 0.387 e. The summed E-state index contributed by atoms with van der Waals surface area (Å²) in [5, 5.41) is 7.09. The maximum Gasteiger partial charge on any atom is 0.0957 e. The van der Waals surface area contributed by atoms with Crippen LogP contribution in [0.25, 0.3) is 0 Å². The van der Waals surface area contributed by atoms with Crippen LogP contribution in [0.3, 0.4) is 0 Å². The Bertz CT molecular complexity index is 128. The molecule has 72 valence electrons. The predicted molar refractivity (Wildman–Crippen MR) is 48.4 cm³/mol. The van der Waals surface area contributed by atoms with E-state index in [2.05, 4.69) is 0 Å². The topological polar surface area (TPSA) is 68.3 Å². The zero-order valence-electron chi connectivity index (χ0n) is 7.80. The highest BCUT2D eigenvalue weighted by Crippen LogP contribution is 1.94. The second kappa shape index (κ2) is 7.06. The van der Waals surface area contributed by atoms with Crippen molar-refractivity contribution in [2.24, 2.45) is 11.7 Å². The molecule has 0 aliphatic heterocycles. The number of amidine groups is 1. The van der Waals surface area contributed by atoms with E-state index in [1.165, 1.54) is 0 Å². The summed E-state index contributed by atoms with van der Waals surface area (Å²) in [6, 6.07) is 0. The van der Waals surface area contributed by atoms with Gasteiger partial charge in [0.05, 0.1) is 12.4 Å². The van der Waals surface area contributed by atoms with Crippen molar-refractivity contribution in [1.82, 2.24) is 0 Å². The van der Waals surface area contributed by atoms with Gasteiger partial charge in [-0.1, -0.05) is 6.92 Å². The van der Waals surface area contributed by atoms with Crippen LogP contribution in [0.4, 0.5) is 0 Å². The first-order chi connectivity index (χ1) is 5.68. The number of hydrogen-bond acceptors (Lipinski definition) is 3. The monoisotopic (exact) mass is 174 g/mol. The average molecular weight is 174 g/mol. The van der Waals surface area contributed by atoms with Crippen molar-refractivity contribution in [2.45, 2.75) is 13.3 Å². The molecule has 0 radical (unpaired) electrons. The molecule has 3 N–H and O–H groups in total. The number of ether oxygens (including phenoxy) is 2. The summed E-state index contributed by atoms with van der Waals surface area (Å²) in [7, 11) is 1.66. The zero-order chi connectivity index (χ0) is 9.40. The van der Waals surface area contributed by atoms with Crippen molar-refractivity contribution >= 4 is 5.84 Å². The van der Waals surface area contributed by atoms with Gasteiger partial charge in [-0.15, -0.1) is 0 Å². The molecule has 0 aliphatic carbocycles. The van der Waals surface area contributed by atoms with Crippen LogP contribution in [0.5, 0.6) is 0 Å². The number of nitrogens with two attached hydrogens (primary N) is 1. The van der Waals surface area contributed by atoms with E-state index in [9.17, 15) is 0 Å². The van der Waals surface area contributed by atoms with Gasteiger partial charge in [0.15, 0.2) is 0 Å². The first kappa shape index (κ1) is 11.4. The first-order valence-electron chi connectivity index (χ1n) is 4.09. The lowest BCUT2D eigenvalue weighted by Gasteiger charge is -2.09. The second-order valence-electron chi connectivity index (χ2n) is 2.78. The number of methoxy groups -OCH3 is 1. The van der Waals surface area contributed by atoms with Crippen LogP contribution in [0.2, 0.25) is 0 Å². The third-order valence-corrected chi connectivity index (χ3v) is 1.54. The Morgan fingerprint density at radius 3 is 2.67 bits per heavy atom. The van der Waals surface area contributed by atoms with E-state index in [0.29, 0.717) is 19.8 Å². The lowest BCUT2D eigenvalue weighted by atomic mass is 10.2. The van der Waals surface area contributed by atoms with Gasteiger partial charge in [0, 0.05) is 26.2 Å². The zero-order valence-corrected chi connectivity index (χ0v) is 7.80. The van der Waals surface area contributed by atoms with Gasteiger partial charge in [-0.25, -0.2) is 0 Å². The van der Waals surface area contributed by atoms with E-state index in [1.54, 1.807) is 7.11 Å². The molecular weight excluding hydrogens is 156 g/mol. The molecule has 0 spiro atoms. The lowest BCUT2D eigenvalue weighted by molar-refractivity contribution is 0.0937. The molecule has 0 aliphatic rings. The standard InChI is InChI=1S/C8H18N2O2/c1-7(8(9)10)6-12-5-3-4-11-2/h7H,3-6H2,1-2H3,(H3,9,10). The van der Waals surface area contributed by atoms with E-state index in [1.807, 2.05) is 6.92 Å². The van der Waals surface area contributed by atoms with Crippen LogP contribution in [0.15, 0.2) is 0 Å². The third kappa shape index (κ3) is 6.12. The van der Waals surface area contributed by atoms with Crippen LogP contribution in [0, 0.1) is 11.3 Å². The van der Waals surface area contributed by atoms with Crippen LogP contribution in [0.1, 0.15) is 13.3 Å². The molecule has 0 saturated heterocycles. The van der Waals surface area contributed by atoms with Crippen LogP contribution < -0.4 is 5.73 Å². The molecule has 0 fully saturated rings. The predicted octanol–water partition coefficient (Wildman–Crippen LogP) is 0.612. The SMILES string of the molecule is COCCCOCC(C)C(=N)N. The molecule has 0 rings (SSSR count). The molecule has 0 aromatic heterocycles. The van der Waals surface area contributed by atoms with E-state index in [4.69, 9.17) is 20.6 Å². The molecule has 12 heavy (non-hydrogen) atoms. The smallest absolute Gasteiger partial charge is 0.0957 e. The summed E-state index contributed by atoms with van der Waals surface area (Å²) >= 11 is 0. The Balaban J connectivity index is 3.14. The third-order valence-electron chi connectivity index (χ3n) is 1.54. The first-order valence-corrected chi connectivity index (χ1v) is 4.09. The van der Waals surface area contributed by atoms with Crippen molar-refractivity contribution in [3.05, 3.63) is 0 Å². The summed E-state index contributed by atoms with van der Waals surface area (Å²) in [4.78, 5) is 0. The Labute approximate surface area is 73.5 Å². The highest BCUT2D eigenvalue weighted by atomic mass is 16.5. The van der Waals surface area contributed by atoms with Gasteiger partial charge in [0.2, 0.25) is 0 Å². The van der Waals surface area contributed by atoms with Gasteiger partial charge in [-0.3, -0.25) is 5.41 Å². The Hall–Kier alpha value is -0.610. The summed E-state index contributed by atoms with van der Waals surface area (Å²) in [5.41, 5.74) is 5.26. The number of rotatable bonds is 7. The highest BCUT2D eigenvalue weighted by Gasteiger charge is 2.03. The minimum Gasteiger partial charge on any atom is -0.387 e. The van der Waals surface area contributed by atoms with Crippen molar-refractivity contribution in [3.8, 4) is 0 Å². The van der Waals surface area contributed by atoms with Crippen molar-refractivity contribution in [1.29, 1.82) is 5.41 Å². The molecule has 1 atom stereocenters. The van der Waals surface area contributed by atoms with E-state index < -0.39 is 0 Å². The molecule has 4 heteroatoms. The molecular formula is C8H18N2O2. The summed E-state index contributed by atoms with van der Waals surface area (Å²) in [5.74, 6) is 0.203. The van der Waals surface area contributed by atoms with Crippen LogP contribution >= 0.6 is 0 Å². The summed E-state index contributed by atoms with van der Waals surface area (Å²) in [6.07, 6.45) is 0.890. The molecule has 0 amide bonds. The fourth-order valence-corrected chi connectivity index (χ4v) is 0.655. The normalized spacial score (nSPS) is 12.8. The molecule has 0 saturated carbocycles.